The zero-order valence-corrected chi connectivity index (χ0v) is 47.1. The molecule has 4 aromatic carbocycles. The summed E-state index contributed by atoms with van der Waals surface area (Å²) < 4.78 is 0. The van der Waals surface area contributed by atoms with Crippen LogP contribution in [-0.2, 0) is 16.2 Å². The van der Waals surface area contributed by atoms with E-state index in [4.69, 9.17) is 0 Å². The summed E-state index contributed by atoms with van der Waals surface area (Å²) in [4.78, 5) is 0. The average Bonchev–Trinajstić information content (AvgIpc) is 3.94. The van der Waals surface area contributed by atoms with E-state index < -0.39 is 0 Å². The van der Waals surface area contributed by atoms with Gasteiger partial charge in [-0.15, -0.1) is 0 Å². The van der Waals surface area contributed by atoms with E-state index in [9.17, 15) is 0 Å². The molecule has 0 spiro atoms. The molecule has 0 saturated heterocycles. The van der Waals surface area contributed by atoms with Crippen molar-refractivity contribution in [1.82, 2.24) is 0 Å². The van der Waals surface area contributed by atoms with Gasteiger partial charge in [-0.1, -0.05) is 263 Å². The lowest BCUT2D eigenvalue weighted by atomic mass is 9.58. The van der Waals surface area contributed by atoms with Crippen LogP contribution in [0, 0.1) is 21.7 Å². The molecule has 4 aromatic rings. The normalized spacial score (nSPS) is 22.1. The second-order valence-corrected chi connectivity index (χ2v) is 28.0. The van der Waals surface area contributed by atoms with Gasteiger partial charge in [-0.05, 0) is 143 Å². The Kier molecular flexibility index (Phi) is 13.2. The summed E-state index contributed by atoms with van der Waals surface area (Å²) >= 11 is 0. The van der Waals surface area contributed by atoms with Crippen LogP contribution < -0.4 is 0 Å². The molecule has 0 nitrogen and oxygen atoms in total. The Morgan fingerprint density at radius 3 is 1.71 bits per heavy atom. The molecule has 8 rings (SSSR count). The van der Waals surface area contributed by atoms with Gasteiger partial charge in [0.25, 0.3) is 0 Å². The van der Waals surface area contributed by atoms with Gasteiger partial charge in [-0.25, -0.2) is 0 Å². The second-order valence-electron chi connectivity index (χ2n) is 28.0. The number of allylic oxidation sites excluding steroid dienone is 13. The fraction of sp³-hybridized carbons (Fsp3) is 0.457. The van der Waals surface area contributed by atoms with Crippen LogP contribution in [-0.4, -0.2) is 0 Å². The molecule has 0 radical (unpaired) electrons. The smallest absolute Gasteiger partial charge is 0.0193 e. The predicted molar refractivity (Wildman–Crippen MR) is 306 cm³/mol. The van der Waals surface area contributed by atoms with Crippen molar-refractivity contribution in [3.05, 3.63) is 211 Å². The first kappa shape index (κ1) is 51.4. The van der Waals surface area contributed by atoms with Crippen molar-refractivity contribution >= 4 is 11.6 Å². The van der Waals surface area contributed by atoms with E-state index in [1.54, 1.807) is 5.57 Å². The van der Waals surface area contributed by atoms with Crippen molar-refractivity contribution in [2.45, 2.75) is 185 Å². The van der Waals surface area contributed by atoms with Crippen LogP contribution in [0.2, 0.25) is 0 Å². The third-order valence-corrected chi connectivity index (χ3v) is 16.9. The van der Waals surface area contributed by atoms with E-state index in [0.717, 1.165) is 19.3 Å². The quantitative estimate of drug-likeness (QED) is 0.157. The highest BCUT2D eigenvalue weighted by Gasteiger charge is 2.56. The second kappa shape index (κ2) is 18.0. The molecular weight excluding hydrogens is 841 g/mol. The van der Waals surface area contributed by atoms with Gasteiger partial charge in [0.15, 0.2) is 0 Å². The summed E-state index contributed by atoms with van der Waals surface area (Å²) in [6.45, 7) is 45.5. The monoisotopic (exact) mass is 929 g/mol. The first-order valence-corrected chi connectivity index (χ1v) is 26.8. The Morgan fingerprint density at radius 2 is 1.16 bits per heavy atom. The fourth-order valence-corrected chi connectivity index (χ4v) is 12.1. The van der Waals surface area contributed by atoms with Gasteiger partial charge in [-0.2, -0.15) is 0 Å². The highest BCUT2D eigenvalue weighted by molar-refractivity contribution is 5.80. The molecular formula is C70H88. The molecule has 0 heterocycles. The highest BCUT2D eigenvalue weighted by atomic mass is 14.6. The summed E-state index contributed by atoms with van der Waals surface area (Å²) in [5, 5.41) is 0. The Morgan fingerprint density at radius 1 is 0.571 bits per heavy atom. The van der Waals surface area contributed by atoms with Gasteiger partial charge >= 0.3 is 0 Å². The van der Waals surface area contributed by atoms with Crippen LogP contribution in [0.4, 0.5) is 0 Å². The summed E-state index contributed by atoms with van der Waals surface area (Å²) in [5.41, 5.74) is 23.1. The zero-order chi connectivity index (χ0) is 51.1. The van der Waals surface area contributed by atoms with E-state index in [1.165, 1.54) is 83.5 Å². The van der Waals surface area contributed by atoms with Crippen molar-refractivity contribution in [3.63, 3.8) is 0 Å². The van der Waals surface area contributed by atoms with Crippen molar-refractivity contribution in [2.24, 2.45) is 21.7 Å². The van der Waals surface area contributed by atoms with E-state index in [-0.39, 0.29) is 55.7 Å². The molecule has 0 saturated carbocycles. The molecule has 0 amide bonds. The summed E-state index contributed by atoms with van der Waals surface area (Å²) in [6, 6.07) is 38.2. The van der Waals surface area contributed by atoms with Crippen LogP contribution in [0.1, 0.15) is 213 Å². The molecule has 4 unspecified atom stereocenters. The summed E-state index contributed by atoms with van der Waals surface area (Å²) in [7, 11) is 0. The first-order valence-electron chi connectivity index (χ1n) is 26.8. The third-order valence-electron chi connectivity index (χ3n) is 16.9. The number of hydrogen-bond acceptors (Lipinski definition) is 0. The lowest BCUT2D eigenvalue weighted by Crippen LogP contribution is -2.33. The summed E-state index contributed by atoms with van der Waals surface area (Å²) in [6.07, 6.45) is 18.5. The predicted octanol–water partition coefficient (Wildman–Crippen LogP) is 20.1. The lowest BCUT2D eigenvalue weighted by molar-refractivity contribution is 0.306. The van der Waals surface area contributed by atoms with E-state index >= 15 is 0 Å². The van der Waals surface area contributed by atoms with Crippen LogP contribution in [0.25, 0.3) is 11.6 Å². The minimum absolute atomic E-state index is 0.0122. The van der Waals surface area contributed by atoms with E-state index in [0.29, 0.717) is 0 Å². The topological polar surface area (TPSA) is 0 Å². The molecule has 70 heavy (non-hydrogen) atoms. The maximum atomic E-state index is 2.75. The zero-order valence-electron chi connectivity index (χ0n) is 47.1. The largest absolute Gasteiger partial charge is 0.0732 e. The number of fused-ring (bicyclic) bond motifs is 3. The molecule has 0 bridgehead atoms. The molecule has 4 aliphatic rings. The summed E-state index contributed by atoms with van der Waals surface area (Å²) in [5.74, 6) is 0.612. The van der Waals surface area contributed by atoms with Crippen molar-refractivity contribution < 1.29 is 0 Å². The van der Waals surface area contributed by atoms with Gasteiger partial charge in [0.05, 0.1) is 0 Å². The molecule has 0 fully saturated rings. The average molecular weight is 929 g/mol. The molecule has 0 heteroatoms. The van der Waals surface area contributed by atoms with E-state index in [1.807, 2.05) is 0 Å². The van der Waals surface area contributed by atoms with Gasteiger partial charge < -0.3 is 0 Å². The minimum Gasteiger partial charge on any atom is -0.0732 e. The Bertz CT molecular complexity index is 2850. The Balaban J connectivity index is 1.22. The third kappa shape index (κ3) is 10.1. The molecule has 0 N–H and O–H groups in total. The lowest BCUT2D eigenvalue weighted by Gasteiger charge is -2.45. The molecule has 4 atom stereocenters. The van der Waals surface area contributed by atoms with Crippen LogP contribution in [0.3, 0.4) is 0 Å². The molecule has 0 aliphatic heterocycles. The van der Waals surface area contributed by atoms with Gasteiger partial charge in [-0.3, -0.25) is 0 Å². The highest BCUT2D eigenvalue weighted by Crippen LogP contribution is 2.69. The van der Waals surface area contributed by atoms with E-state index in [2.05, 4.69) is 265 Å². The Hall–Kier alpha value is -4.94. The van der Waals surface area contributed by atoms with Gasteiger partial charge in [0, 0.05) is 23.2 Å². The van der Waals surface area contributed by atoms with Crippen LogP contribution in [0.15, 0.2) is 166 Å². The number of benzene rings is 4. The van der Waals surface area contributed by atoms with Crippen LogP contribution in [0.5, 0.6) is 0 Å². The molecule has 4 aliphatic carbocycles. The molecule has 368 valence electrons. The SMILES string of the molecule is CC1=C(C(c2ccc(C(C)(C)CCC3=CC(C(C)(C)C)=C/C3=C\c3ccc(C(C)(C)C)cc3)cc2)C2c3cc(C(C)(C)C)ccc3C3C(c4ccccc4)=CC(C(C)(C)C)=CC32C)C=C(C(C)(C)C)C1. The van der Waals surface area contributed by atoms with Gasteiger partial charge in [0.1, 0.15) is 0 Å². The number of rotatable bonds is 9. The standard InChI is InChI=1S/C70H88/c1-45-37-54(66(8,9)10)42-58(45)61(63-60-41-53(65(5,6)7)33-34-57(60)62-59(47-23-21-20-22-24-47)43-56(68(14,15)16)44-70(62,63)19)48-27-31-52(32-28-48)69(17,18)36-35-49-39-55(67(11,12)13)40-50(49)38-46-25-29-51(30-26-46)64(2,3)4/h20-34,38-44,61-63H,35-37H2,1-19H3/b50-38+. The van der Waals surface area contributed by atoms with Gasteiger partial charge in [0.2, 0.25) is 0 Å². The maximum absolute atomic E-state index is 2.75. The maximum Gasteiger partial charge on any atom is 0.0193 e. The fourth-order valence-electron chi connectivity index (χ4n) is 12.1. The first-order chi connectivity index (χ1) is 32.4. The number of hydrogen-bond donors (Lipinski definition) is 0. The molecule has 0 aromatic heterocycles. The van der Waals surface area contributed by atoms with Crippen molar-refractivity contribution in [2.75, 3.05) is 0 Å². The van der Waals surface area contributed by atoms with Crippen molar-refractivity contribution in [3.8, 4) is 0 Å². The Labute approximate surface area is 427 Å². The minimum atomic E-state index is -0.190. The van der Waals surface area contributed by atoms with Crippen molar-refractivity contribution in [1.29, 1.82) is 0 Å². The van der Waals surface area contributed by atoms with Crippen LogP contribution >= 0.6 is 0 Å².